The Hall–Kier alpha value is -3.72. The van der Waals surface area contributed by atoms with Gasteiger partial charge in [-0.15, -0.1) is 0 Å². The van der Waals surface area contributed by atoms with Crippen LogP contribution in [0.4, 0.5) is 0 Å². The molecule has 0 atom stereocenters. The average Bonchev–Trinajstić information content (AvgIpc) is 2.84. The SMILES string of the molecule is COc1c2cccc1Cc1cccc(c1O)Cc1cccc(c1OC)Cc1cccc(c1C)C2. The summed E-state index contributed by atoms with van der Waals surface area (Å²) in [6.45, 7) is 2.21. The van der Waals surface area contributed by atoms with Crippen molar-refractivity contribution in [2.24, 2.45) is 0 Å². The van der Waals surface area contributed by atoms with E-state index in [0.717, 1.165) is 57.7 Å². The van der Waals surface area contributed by atoms with Crippen LogP contribution in [-0.4, -0.2) is 19.3 Å². The van der Waals surface area contributed by atoms with E-state index in [-0.39, 0.29) is 0 Å². The Bertz CT molecular complexity index is 1160. The van der Waals surface area contributed by atoms with Crippen LogP contribution in [0.15, 0.2) is 72.8 Å². The maximum atomic E-state index is 11.2. The number of aromatic hydroxyl groups is 1. The molecule has 1 aliphatic carbocycles. The maximum absolute atomic E-state index is 11.2. The molecule has 0 unspecified atom stereocenters. The molecular weight excluding hydrogens is 420 g/mol. The van der Waals surface area contributed by atoms with Gasteiger partial charge in [-0.25, -0.2) is 0 Å². The van der Waals surface area contributed by atoms with Crippen molar-refractivity contribution in [2.45, 2.75) is 32.6 Å². The van der Waals surface area contributed by atoms with Gasteiger partial charge in [0, 0.05) is 25.7 Å². The first-order valence-electron chi connectivity index (χ1n) is 11.8. The minimum atomic E-state index is 0.343. The number of hydrogen-bond donors (Lipinski definition) is 1. The fourth-order valence-electron chi connectivity index (χ4n) is 5.23. The Morgan fingerprint density at radius 3 is 1.15 bits per heavy atom. The first-order chi connectivity index (χ1) is 16.6. The van der Waals surface area contributed by atoms with Crippen LogP contribution in [0.25, 0.3) is 0 Å². The van der Waals surface area contributed by atoms with Crippen LogP contribution in [0.5, 0.6) is 17.2 Å². The molecule has 0 spiro atoms. The summed E-state index contributed by atoms with van der Waals surface area (Å²) in [5, 5.41) is 11.2. The summed E-state index contributed by atoms with van der Waals surface area (Å²) in [4.78, 5) is 0. The predicted octanol–water partition coefficient (Wildman–Crippen LogP) is 6.39. The second-order valence-corrected chi connectivity index (χ2v) is 9.05. The number of fused-ring (bicyclic) bond motifs is 8. The Morgan fingerprint density at radius 2 is 0.794 bits per heavy atom. The second-order valence-electron chi connectivity index (χ2n) is 9.05. The van der Waals surface area contributed by atoms with Crippen LogP contribution in [0.3, 0.4) is 0 Å². The van der Waals surface area contributed by atoms with Gasteiger partial charge < -0.3 is 14.6 Å². The van der Waals surface area contributed by atoms with Crippen LogP contribution in [0.2, 0.25) is 0 Å². The molecule has 34 heavy (non-hydrogen) atoms. The van der Waals surface area contributed by atoms with E-state index in [1.807, 2.05) is 18.2 Å². The molecule has 3 nitrogen and oxygen atoms in total. The van der Waals surface area contributed by atoms with Gasteiger partial charge in [-0.2, -0.15) is 0 Å². The van der Waals surface area contributed by atoms with Crippen LogP contribution in [-0.2, 0) is 25.7 Å². The summed E-state index contributed by atoms with van der Waals surface area (Å²) in [5.41, 5.74) is 10.1. The maximum Gasteiger partial charge on any atom is 0.125 e. The van der Waals surface area contributed by atoms with Crippen molar-refractivity contribution in [3.05, 3.63) is 123 Å². The number of ether oxygens (including phenoxy) is 2. The highest BCUT2D eigenvalue weighted by atomic mass is 16.5. The zero-order valence-electron chi connectivity index (χ0n) is 20.0. The molecule has 0 aliphatic heterocycles. The molecule has 0 amide bonds. The summed E-state index contributed by atoms with van der Waals surface area (Å²) in [6.07, 6.45) is 2.79. The van der Waals surface area contributed by atoms with E-state index in [1.54, 1.807) is 14.2 Å². The van der Waals surface area contributed by atoms with Gasteiger partial charge in [0.2, 0.25) is 0 Å². The fourth-order valence-corrected chi connectivity index (χ4v) is 5.23. The van der Waals surface area contributed by atoms with Gasteiger partial charge in [-0.3, -0.25) is 0 Å². The second kappa shape index (κ2) is 9.26. The van der Waals surface area contributed by atoms with E-state index < -0.39 is 0 Å². The lowest BCUT2D eigenvalue weighted by atomic mass is 9.89. The molecule has 0 saturated carbocycles. The number of phenolic OH excluding ortho intramolecular Hbond substituents is 1. The third-order valence-electron chi connectivity index (χ3n) is 7.05. The fraction of sp³-hybridized carbons (Fsp3) is 0.226. The van der Waals surface area contributed by atoms with Crippen molar-refractivity contribution in [2.75, 3.05) is 14.2 Å². The standard InChI is InChI=1S/C31H30O3/c1-20-21-8-4-9-22(20)17-26-13-7-15-28(31(26)34-3)19-24-11-5-10-23(29(24)32)18-27-14-6-12-25(16-21)30(27)33-2/h4-15,32H,16-19H2,1-3H3. The largest absolute Gasteiger partial charge is 0.507 e. The average molecular weight is 451 g/mol. The van der Waals surface area contributed by atoms with Gasteiger partial charge in [0.25, 0.3) is 0 Å². The number of hydrogen-bond acceptors (Lipinski definition) is 3. The summed E-state index contributed by atoms with van der Waals surface area (Å²) in [6, 6.07) is 25.2. The van der Waals surface area contributed by atoms with E-state index in [4.69, 9.17) is 9.47 Å². The van der Waals surface area contributed by atoms with Crippen LogP contribution >= 0.6 is 0 Å². The van der Waals surface area contributed by atoms with Crippen molar-refractivity contribution in [1.82, 2.24) is 0 Å². The Kier molecular flexibility index (Phi) is 6.02. The van der Waals surface area contributed by atoms with E-state index in [0.29, 0.717) is 18.6 Å². The number of para-hydroxylation sites is 3. The molecule has 172 valence electrons. The molecule has 0 saturated heterocycles. The lowest BCUT2D eigenvalue weighted by molar-refractivity contribution is 0.405. The van der Waals surface area contributed by atoms with Gasteiger partial charge >= 0.3 is 0 Å². The molecule has 0 aromatic heterocycles. The molecule has 8 bridgehead atoms. The van der Waals surface area contributed by atoms with E-state index in [1.165, 1.54) is 16.7 Å². The molecular formula is C31H30O3. The van der Waals surface area contributed by atoms with Gasteiger partial charge in [0.05, 0.1) is 14.2 Å². The van der Waals surface area contributed by atoms with Crippen molar-refractivity contribution in [3.63, 3.8) is 0 Å². The summed E-state index contributed by atoms with van der Waals surface area (Å²) in [7, 11) is 3.47. The quantitative estimate of drug-likeness (QED) is 0.338. The number of phenols is 1. The molecule has 0 radical (unpaired) electrons. The zero-order valence-corrected chi connectivity index (χ0v) is 20.0. The Morgan fingerprint density at radius 1 is 0.500 bits per heavy atom. The van der Waals surface area contributed by atoms with Crippen molar-refractivity contribution in [3.8, 4) is 17.2 Å². The highest BCUT2D eigenvalue weighted by Crippen LogP contribution is 2.36. The minimum absolute atomic E-state index is 0.343. The van der Waals surface area contributed by atoms with Gasteiger partial charge in [0.1, 0.15) is 17.2 Å². The van der Waals surface area contributed by atoms with Gasteiger partial charge in [-0.1, -0.05) is 72.8 Å². The third kappa shape index (κ3) is 4.03. The number of methoxy groups -OCH3 is 2. The molecule has 4 aromatic rings. The lowest BCUT2D eigenvalue weighted by Crippen LogP contribution is -2.05. The van der Waals surface area contributed by atoms with E-state index in [2.05, 4.69) is 61.5 Å². The van der Waals surface area contributed by atoms with Gasteiger partial charge in [-0.05, 0) is 57.0 Å². The highest BCUT2D eigenvalue weighted by Gasteiger charge is 2.18. The zero-order chi connectivity index (χ0) is 23.7. The van der Waals surface area contributed by atoms with Crippen molar-refractivity contribution in [1.29, 1.82) is 0 Å². The number of benzene rings is 4. The Labute approximate surface area is 201 Å². The topological polar surface area (TPSA) is 38.7 Å². The van der Waals surface area contributed by atoms with Crippen molar-refractivity contribution < 1.29 is 14.6 Å². The summed E-state index contributed by atoms with van der Waals surface area (Å²) in [5.74, 6) is 2.14. The van der Waals surface area contributed by atoms with Gasteiger partial charge in [0.15, 0.2) is 0 Å². The highest BCUT2D eigenvalue weighted by molar-refractivity contribution is 5.54. The molecule has 3 heteroatoms. The Balaban J connectivity index is 1.73. The molecule has 0 heterocycles. The smallest absolute Gasteiger partial charge is 0.125 e. The van der Waals surface area contributed by atoms with Crippen molar-refractivity contribution >= 4 is 0 Å². The third-order valence-corrected chi connectivity index (χ3v) is 7.05. The van der Waals surface area contributed by atoms with E-state index >= 15 is 0 Å². The monoisotopic (exact) mass is 450 g/mol. The van der Waals surface area contributed by atoms with Crippen LogP contribution < -0.4 is 9.47 Å². The molecule has 0 fully saturated rings. The normalized spacial score (nSPS) is 12.8. The first-order valence-corrected chi connectivity index (χ1v) is 11.8. The summed E-state index contributed by atoms with van der Waals surface area (Å²) < 4.78 is 11.8. The lowest BCUT2D eigenvalue weighted by Gasteiger charge is -2.19. The molecule has 5 rings (SSSR count). The molecule has 1 N–H and O–H groups in total. The number of rotatable bonds is 2. The first kappa shape index (κ1) is 22.1. The predicted molar refractivity (Wildman–Crippen MR) is 136 cm³/mol. The van der Waals surface area contributed by atoms with Crippen LogP contribution in [0.1, 0.15) is 50.1 Å². The van der Waals surface area contributed by atoms with Crippen LogP contribution in [0, 0.1) is 6.92 Å². The molecule has 1 aliphatic rings. The molecule has 4 aromatic carbocycles. The van der Waals surface area contributed by atoms with E-state index in [9.17, 15) is 5.11 Å². The minimum Gasteiger partial charge on any atom is -0.507 e. The summed E-state index contributed by atoms with van der Waals surface area (Å²) >= 11 is 0.